The van der Waals surface area contributed by atoms with E-state index in [9.17, 15) is 0 Å². The molecule has 3 nitrogen and oxygen atoms in total. The Labute approximate surface area is 131 Å². The molecule has 0 fully saturated rings. The fourth-order valence-corrected chi connectivity index (χ4v) is 2.55. The lowest BCUT2D eigenvalue weighted by Crippen LogP contribution is -1.87. The molecule has 3 rings (SSSR count). The second-order valence-corrected chi connectivity index (χ2v) is 5.03. The molecule has 0 saturated heterocycles. The van der Waals surface area contributed by atoms with Crippen molar-refractivity contribution >= 4 is 34.2 Å². The van der Waals surface area contributed by atoms with Gasteiger partial charge in [-0.15, -0.1) is 11.6 Å². The minimum absolute atomic E-state index is 0.133. The molecule has 0 unspecified atom stereocenters. The Morgan fingerprint density at radius 1 is 1.19 bits per heavy atom. The van der Waals surface area contributed by atoms with Crippen LogP contribution in [0.3, 0.4) is 0 Å². The van der Waals surface area contributed by atoms with Gasteiger partial charge in [0.25, 0.3) is 0 Å². The molecule has 0 saturated carbocycles. The first-order valence-corrected chi connectivity index (χ1v) is 7.08. The van der Waals surface area contributed by atoms with E-state index in [0.717, 1.165) is 10.9 Å². The molecule has 0 aliphatic rings. The number of alkyl halides is 1. The minimum atomic E-state index is 0.133. The van der Waals surface area contributed by atoms with Gasteiger partial charge in [-0.3, -0.25) is 0 Å². The molecule has 0 radical (unpaired) electrons. The van der Waals surface area contributed by atoms with E-state index in [0.29, 0.717) is 28.0 Å². The van der Waals surface area contributed by atoms with Crippen molar-refractivity contribution in [2.75, 3.05) is 0 Å². The van der Waals surface area contributed by atoms with Crippen LogP contribution < -0.4 is 4.74 Å². The number of hydrogen-bond acceptors (Lipinski definition) is 3. The summed E-state index contributed by atoms with van der Waals surface area (Å²) in [4.78, 5) is 0. The van der Waals surface area contributed by atoms with Gasteiger partial charge in [0.05, 0.1) is 5.39 Å². The third-order valence-corrected chi connectivity index (χ3v) is 3.68. The van der Waals surface area contributed by atoms with Crippen molar-refractivity contribution in [2.45, 2.75) is 5.88 Å². The van der Waals surface area contributed by atoms with Crippen molar-refractivity contribution in [3.63, 3.8) is 0 Å². The molecule has 0 amide bonds. The third-order valence-electron chi connectivity index (χ3n) is 3.04. The van der Waals surface area contributed by atoms with Gasteiger partial charge >= 0.3 is 0 Å². The summed E-state index contributed by atoms with van der Waals surface area (Å²) in [6.45, 7) is 0. The number of rotatable bonds is 3. The van der Waals surface area contributed by atoms with E-state index in [1.807, 2.05) is 24.3 Å². The van der Waals surface area contributed by atoms with Crippen LogP contribution in [0.25, 0.3) is 11.0 Å². The highest BCUT2D eigenvalue weighted by Gasteiger charge is 2.16. The summed E-state index contributed by atoms with van der Waals surface area (Å²) in [6, 6.07) is 14.5. The lowest BCUT2D eigenvalue weighted by Gasteiger charge is -2.06. The van der Waals surface area contributed by atoms with Gasteiger partial charge in [-0.25, -0.2) is 0 Å². The number of furan rings is 1. The van der Waals surface area contributed by atoms with Gasteiger partial charge in [-0.2, -0.15) is 5.26 Å². The minimum Gasteiger partial charge on any atom is -0.452 e. The Bertz CT molecular complexity index is 849. The number of para-hydroxylation sites is 1. The average Bonchev–Trinajstić information content (AvgIpc) is 2.86. The molecule has 0 spiro atoms. The Morgan fingerprint density at radius 2 is 2.00 bits per heavy atom. The number of ether oxygens (including phenoxy) is 1. The van der Waals surface area contributed by atoms with Gasteiger partial charge in [0.2, 0.25) is 5.76 Å². The Hall–Kier alpha value is -2.15. The van der Waals surface area contributed by atoms with Gasteiger partial charge in [0.15, 0.2) is 5.75 Å². The molecule has 21 heavy (non-hydrogen) atoms. The van der Waals surface area contributed by atoms with Crippen molar-refractivity contribution in [3.8, 4) is 17.6 Å². The van der Waals surface area contributed by atoms with Crippen molar-refractivity contribution in [3.05, 3.63) is 58.8 Å². The zero-order valence-corrected chi connectivity index (χ0v) is 12.3. The van der Waals surface area contributed by atoms with Crippen LogP contribution >= 0.6 is 23.2 Å². The second-order valence-electron chi connectivity index (χ2n) is 4.36. The molecule has 0 atom stereocenters. The summed E-state index contributed by atoms with van der Waals surface area (Å²) in [5.74, 6) is 1.38. The van der Waals surface area contributed by atoms with E-state index >= 15 is 0 Å². The van der Waals surface area contributed by atoms with E-state index in [-0.39, 0.29) is 5.76 Å². The van der Waals surface area contributed by atoms with Crippen LogP contribution in [0.15, 0.2) is 46.9 Å². The first-order valence-electron chi connectivity index (χ1n) is 6.17. The molecule has 1 aromatic heterocycles. The SMILES string of the molecule is N#Cc1oc2ccccc2c1Oc1ccc(CCl)c(Cl)c1. The van der Waals surface area contributed by atoms with Gasteiger partial charge < -0.3 is 9.15 Å². The number of hydrogen-bond donors (Lipinski definition) is 0. The van der Waals surface area contributed by atoms with Crippen LogP contribution in [0.2, 0.25) is 5.02 Å². The van der Waals surface area contributed by atoms with Gasteiger partial charge in [-0.05, 0) is 29.8 Å². The maximum atomic E-state index is 9.17. The van der Waals surface area contributed by atoms with Crippen LogP contribution in [0.4, 0.5) is 0 Å². The van der Waals surface area contributed by atoms with Crippen molar-refractivity contribution in [1.29, 1.82) is 5.26 Å². The van der Waals surface area contributed by atoms with E-state index < -0.39 is 0 Å². The standard InChI is InChI=1S/C16H9Cl2NO2/c17-8-10-5-6-11(7-13(10)18)20-16-12-3-1-2-4-14(12)21-15(16)9-19/h1-7H,8H2. The molecule has 0 bridgehead atoms. The monoisotopic (exact) mass is 317 g/mol. The summed E-state index contributed by atoms with van der Waals surface area (Å²) in [5.41, 5.74) is 1.43. The summed E-state index contributed by atoms with van der Waals surface area (Å²) in [7, 11) is 0. The first kappa shape index (κ1) is 13.8. The predicted octanol–water partition coefficient (Wildman–Crippen LogP) is 5.49. The van der Waals surface area contributed by atoms with Crippen LogP contribution in [-0.4, -0.2) is 0 Å². The quantitative estimate of drug-likeness (QED) is 0.600. The number of fused-ring (bicyclic) bond motifs is 1. The fourth-order valence-electron chi connectivity index (χ4n) is 2.01. The predicted molar refractivity (Wildman–Crippen MR) is 82.0 cm³/mol. The maximum absolute atomic E-state index is 9.17. The van der Waals surface area contributed by atoms with Crippen LogP contribution in [0.1, 0.15) is 11.3 Å². The molecule has 5 heteroatoms. The third kappa shape index (κ3) is 2.56. The number of benzene rings is 2. The van der Waals surface area contributed by atoms with Crippen molar-refractivity contribution in [1.82, 2.24) is 0 Å². The number of halogens is 2. The molecule has 0 aliphatic carbocycles. The van der Waals surface area contributed by atoms with Crippen molar-refractivity contribution in [2.24, 2.45) is 0 Å². The lowest BCUT2D eigenvalue weighted by atomic mass is 10.2. The molecule has 2 aromatic carbocycles. The Kier molecular flexibility index (Phi) is 3.74. The van der Waals surface area contributed by atoms with E-state index in [4.69, 9.17) is 37.6 Å². The zero-order chi connectivity index (χ0) is 14.8. The van der Waals surface area contributed by atoms with E-state index in [1.165, 1.54) is 0 Å². The van der Waals surface area contributed by atoms with E-state index in [1.54, 1.807) is 24.3 Å². The smallest absolute Gasteiger partial charge is 0.247 e. The summed E-state index contributed by atoms with van der Waals surface area (Å²) in [5, 5.41) is 10.4. The van der Waals surface area contributed by atoms with Crippen molar-refractivity contribution < 1.29 is 9.15 Å². The van der Waals surface area contributed by atoms with E-state index in [2.05, 4.69) is 0 Å². The molecule has 3 aromatic rings. The lowest BCUT2D eigenvalue weighted by molar-refractivity contribution is 0.467. The number of nitrogens with zero attached hydrogens (tertiary/aromatic N) is 1. The highest BCUT2D eigenvalue weighted by atomic mass is 35.5. The molecule has 104 valence electrons. The highest BCUT2D eigenvalue weighted by Crippen LogP contribution is 2.36. The zero-order valence-electron chi connectivity index (χ0n) is 10.8. The topological polar surface area (TPSA) is 46.2 Å². The molecule has 0 aliphatic heterocycles. The normalized spacial score (nSPS) is 10.5. The largest absolute Gasteiger partial charge is 0.452 e. The molecule has 0 N–H and O–H groups in total. The number of nitriles is 1. The molecular weight excluding hydrogens is 309 g/mol. The first-order chi connectivity index (χ1) is 10.2. The van der Waals surface area contributed by atoms with Crippen LogP contribution in [-0.2, 0) is 5.88 Å². The van der Waals surface area contributed by atoms with Crippen LogP contribution in [0, 0.1) is 11.3 Å². The Balaban J connectivity index is 2.05. The second kappa shape index (κ2) is 5.69. The summed E-state index contributed by atoms with van der Waals surface area (Å²) in [6.07, 6.45) is 0. The average molecular weight is 318 g/mol. The van der Waals surface area contributed by atoms with Gasteiger partial charge in [-0.1, -0.05) is 29.8 Å². The fraction of sp³-hybridized carbons (Fsp3) is 0.0625. The summed E-state index contributed by atoms with van der Waals surface area (Å²) < 4.78 is 11.2. The molecular formula is C16H9Cl2NO2. The highest BCUT2D eigenvalue weighted by molar-refractivity contribution is 6.32. The van der Waals surface area contributed by atoms with Crippen LogP contribution in [0.5, 0.6) is 11.5 Å². The van der Waals surface area contributed by atoms with Gasteiger partial charge in [0, 0.05) is 10.9 Å². The maximum Gasteiger partial charge on any atom is 0.247 e. The Morgan fingerprint density at radius 3 is 2.71 bits per heavy atom. The summed E-state index contributed by atoms with van der Waals surface area (Å²) >= 11 is 11.9. The van der Waals surface area contributed by atoms with Gasteiger partial charge in [0.1, 0.15) is 17.4 Å². The molecule has 1 heterocycles.